The Balaban J connectivity index is 1.31. The second-order valence-electron chi connectivity index (χ2n) is 11.1. The average Bonchev–Trinajstić information content (AvgIpc) is 3.62. The molecule has 2 aliphatic heterocycles. The Morgan fingerprint density at radius 2 is 1.39 bits per heavy atom. The number of pyridine rings is 1. The molecule has 206 valence electrons. The molecule has 0 unspecified atom stereocenters. The minimum atomic E-state index is -0.219. The number of para-hydroxylation sites is 2. The number of carbonyl (C=O) groups excluding carboxylic acids is 2. The zero-order chi connectivity index (χ0) is 28.1. The molecule has 0 N–H and O–H groups in total. The standard InChI is InChI=1S/C34H33N5O2/c1-3-38-33(40)31(27-21-36(2)29-13-6-4-11-25(27)29)32(34(38)41)28-22-39(30-14-7-5-12-26(28)30)24-15-18-37(19-16-24)20-23-10-8-9-17-35-23/h4-14,17,21-22,24H,3,15-16,18-20H2,1-2H3. The monoisotopic (exact) mass is 543 g/mol. The van der Waals surface area contributed by atoms with Crippen molar-refractivity contribution in [1.82, 2.24) is 23.9 Å². The fraction of sp³-hybridized carbons (Fsp3) is 0.265. The highest BCUT2D eigenvalue weighted by atomic mass is 16.2. The molecule has 2 aliphatic rings. The van der Waals surface area contributed by atoms with Crippen LogP contribution in [0, 0.1) is 0 Å². The normalized spacial score (nSPS) is 17.1. The third kappa shape index (κ3) is 4.19. The number of amides is 2. The Morgan fingerprint density at radius 1 is 0.780 bits per heavy atom. The van der Waals surface area contributed by atoms with Gasteiger partial charge in [-0.05, 0) is 44.0 Å². The minimum absolute atomic E-state index is 0.214. The van der Waals surface area contributed by atoms with Gasteiger partial charge in [-0.25, -0.2) is 0 Å². The van der Waals surface area contributed by atoms with E-state index in [0.717, 1.165) is 71.1 Å². The van der Waals surface area contributed by atoms with Gasteiger partial charge in [-0.3, -0.25) is 24.4 Å². The van der Waals surface area contributed by atoms with Crippen molar-refractivity contribution < 1.29 is 9.59 Å². The van der Waals surface area contributed by atoms with Crippen LogP contribution in [0.15, 0.2) is 85.3 Å². The Hall–Kier alpha value is -4.49. The molecule has 5 heterocycles. The summed E-state index contributed by atoms with van der Waals surface area (Å²) in [5.41, 5.74) is 5.89. The molecule has 0 atom stereocenters. The summed E-state index contributed by atoms with van der Waals surface area (Å²) >= 11 is 0. The van der Waals surface area contributed by atoms with Crippen molar-refractivity contribution in [3.8, 4) is 0 Å². The third-order valence-electron chi connectivity index (χ3n) is 8.72. The number of nitrogens with zero attached hydrogens (tertiary/aromatic N) is 5. The number of rotatable bonds is 6. The number of benzene rings is 2. The summed E-state index contributed by atoms with van der Waals surface area (Å²) < 4.78 is 4.38. The molecule has 3 aromatic heterocycles. The minimum Gasteiger partial charge on any atom is -0.350 e. The highest BCUT2D eigenvalue weighted by Gasteiger charge is 2.41. The van der Waals surface area contributed by atoms with Gasteiger partial charge in [-0.15, -0.1) is 0 Å². The van der Waals surface area contributed by atoms with E-state index in [1.54, 1.807) is 0 Å². The highest BCUT2D eigenvalue weighted by Crippen LogP contribution is 2.42. The van der Waals surface area contributed by atoms with Gasteiger partial charge in [0.15, 0.2) is 0 Å². The number of piperidine rings is 1. The van der Waals surface area contributed by atoms with E-state index in [1.807, 2.05) is 73.4 Å². The highest BCUT2D eigenvalue weighted by molar-refractivity contribution is 6.50. The van der Waals surface area contributed by atoms with Crippen LogP contribution in [0.5, 0.6) is 0 Å². The number of hydrogen-bond donors (Lipinski definition) is 0. The van der Waals surface area contributed by atoms with E-state index in [4.69, 9.17) is 0 Å². The number of carbonyl (C=O) groups is 2. The van der Waals surface area contributed by atoms with E-state index >= 15 is 0 Å². The van der Waals surface area contributed by atoms with E-state index < -0.39 is 0 Å². The van der Waals surface area contributed by atoms with Gasteiger partial charge in [0.2, 0.25) is 0 Å². The van der Waals surface area contributed by atoms with Crippen LogP contribution < -0.4 is 0 Å². The van der Waals surface area contributed by atoms with Crippen LogP contribution >= 0.6 is 0 Å². The summed E-state index contributed by atoms with van der Waals surface area (Å²) in [6, 6.07) is 22.7. The van der Waals surface area contributed by atoms with E-state index in [9.17, 15) is 9.59 Å². The smallest absolute Gasteiger partial charge is 0.262 e. The van der Waals surface area contributed by atoms with Gasteiger partial charge in [0.25, 0.3) is 11.8 Å². The lowest BCUT2D eigenvalue weighted by atomic mass is 9.95. The summed E-state index contributed by atoms with van der Waals surface area (Å²) in [5, 5.41) is 1.99. The largest absolute Gasteiger partial charge is 0.350 e. The lowest BCUT2D eigenvalue weighted by Crippen LogP contribution is -2.34. The first-order chi connectivity index (χ1) is 20.0. The van der Waals surface area contributed by atoms with Gasteiger partial charge < -0.3 is 9.13 Å². The Bertz CT molecular complexity index is 1820. The number of likely N-dealkylation sites (N-methyl/N-ethyl adjacent to an activating group) is 1. The number of aryl methyl sites for hydroxylation is 1. The fourth-order valence-electron chi connectivity index (χ4n) is 6.69. The van der Waals surface area contributed by atoms with Gasteiger partial charge in [0.1, 0.15) is 0 Å². The van der Waals surface area contributed by atoms with Crippen LogP contribution in [0.25, 0.3) is 33.0 Å². The topological polar surface area (TPSA) is 63.4 Å². The van der Waals surface area contributed by atoms with Gasteiger partial charge in [0.05, 0.1) is 16.8 Å². The molecule has 7 nitrogen and oxygen atoms in total. The molecule has 2 aromatic carbocycles. The summed E-state index contributed by atoms with van der Waals surface area (Å²) in [4.78, 5) is 36.1. The van der Waals surface area contributed by atoms with Crippen molar-refractivity contribution in [1.29, 1.82) is 0 Å². The molecular weight excluding hydrogens is 510 g/mol. The van der Waals surface area contributed by atoms with Crippen molar-refractivity contribution in [2.24, 2.45) is 7.05 Å². The maximum Gasteiger partial charge on any atom is 0.262 e. The zero-order valence-electron chi connectivity index (χ0n) is 23.5. The zero-order valence-corrected chi connectivity index (χ0v) is 23.5. The second kappa shape index (κ2) is 10.2. The van der Waals surface area contributed by atoms with E-state index in [-0.39, 0.29) is 11.8 Å². The van der Waals surface area contributed by atoms with Gasteiger partial charge in [-0.1, -0.05) is 42.5 Å². The predicted molar refractivity (Wildman–Crippen MR) is 162 cm³/mol. The molecule has 0 saturated carbocycles. The van der Waals surface area contributed by atoms with E-state index in [1.165, 1.54) is 4.90 Å². The number of fused-ring (bicyclic) bond motifs is 2. The van der Waals surface area contributed by atoms with E-state index in [0.29, 0.717) is 23.7 Å². The molecule has 7 rings (SSSR count). The van der Waals surface area contributed by atoms with Gasteiger partial charge in [-0.2, -0.15) is 0 Å². The molecule has 0 radical (unpaired) electrons. The number of hydrogen-bond acceptors (Lipinski definition) is 4. The van der Waals surface area contributed by atoms with Crippen LogP contribution in [-0.2, 0) is 23.2 Å². The van der Waals surface area contributed by atoms with Crippen molar-refractivity contribution in [2.75, 3.05) is 19.6 Å². The molecular formula is C34H33N5O2. The molecule has 0 aliphatic carbocycles. The summed E-state index contributed by atoms with van der Waals surface area (Å²) in [5.74, 6) is -0.433. The summed E-state index contributed by atoms with van der Waals surface area (Å²) in [6.45, 7) is 5.02. The summed E-state index contributed by atoms with van der Waals surface area (Å²) in [6.07, 6.45) is 7.99. The summed E-state index contributed by atoms with van der Waals surface area (Å²) in [7, 11) is 1.98. The first kappa shape index (κ1) is 25.5. The molecule has 7 heteroatoms. The van der Waals surface area contributed by atoms with Crippen LogP contribution in [0.1, 0.15) is 42.6 Å². The molecule has 1 saturated heterocycles. The van der Waals surface area contributed by atoms with Crippen LogP contribution in [-0.4, -0.2) is 55.4 Å². The quantitative estimate of drug-likeness (QED) is 0.259. The molecule has 5 aromatic rings. The second-order valence-corrected chi connectivity index (χ2v) is 11.1. The first-order valence-electron chi connectivity index (χ1n) is 14.4. The third-order valence-corrected chi connectivity index (χ3v) is 8.72. The van der Waals surface area contributed by atoms with Crippen LogP contribution in [0.2, 0.25) is 0 Å². The maximum atomic E-state index is 13.9. The number of imide groups is 1. The Kier molecular flexibility index (Phi) is 6.31. The van der Waals surface area contributed by atoms with Crippen LogP contribution in [0.4, 0.5) is 0 Å². The van der Waals surface area contributed by atoms with E-state index in [2.05, 4.69) is 44.9 Å². The molecule has 0 spiro atoms. The van der Waals surface area contributed by atoms with Crippen molar-refractivity contribution in [3.63, 3.8) is 0 Å². The molecule has 0 bridgehead atoms. The SMILES string of the molecule is CCN1C(=O)C(c2cn(C)c3ccccc23)=C(c2cn(C3CCN(Cc4ccccn4)CC3)c3ccccc23)C1=O. The van der Waals surface area contributed by atoms with Crippen molar-refractivity contribution in [2.45, 2.75) is 32.4 Å². The predicted octanol–water partition coefficient (Wildman–Crippen LogP) is 5.66. The van der Waals surface area contributed by atoms with Gasteiger partial charge in [0, 0.05) is 90.8 Å². The lowest BCUT2D eigenvalue weighted by molar-refractivity contribution is -0.135. The first-order valence-corrected chi connectivity index (χ1v) is 14.4. The average molecular weight is 544 g/mol. The Labute approximate surface area is 239 Å². The van der Waals surface area contributed by atoms with Crippen molar-refractivity contribution in [3.05, 3.63) is 102 Å². The Morgan fingerprint density at radius 3 is 2.05 bits per heavy atom. The number of aromatic nitrogens is 3. The van der Waals surface area contributed by atoms with Gasteiger partial charge >= 0.3 is 0 Å². The maximum absolute atomic E-state index is 13.9. The molecule has 2 amide bonds. The number of likely N-dealkylation sites (tertiary alicyclic amines) is 1. The van der Waals surface area contributed by atoms with Crippen molar-refractivity contribution >= 4 is 44.8 Å². The molecule has 1 fully saturated rings. The molecule has 41 heavy (non-hydrogen) atoms. The van der Waals surface area contributed by atoms with Crippen LogP contribution in [0.3, 0.4) is 0 Å². The lowest BCUT2D eigenvalue weighted by Gasteiger charge is -2.33. The fourth-order valence-corrected chi connectivity index (χ4v) is 6.69.